The predicted octanol–water partition coefficient (Wildman–Crippen LogP) is 1.08. The molecule has 0 radical (unpaired) electrons. The Balaban J connectivity index is 0.00000147. The number of nitrogens with zero attached hydrogens (tertiary/aromatic N) is 5. The minimum atomic E-state index is 0. The number of hydrogen-bond acceptors (Lipinski definition) is 4. The van der Waals surface area contributed by atoms with Crippen LogP contribution in [0, 0.1) is 0 Å². The molecule has 110 valence electrons. The van der Waals surface area contributed by atoms with Crippen LogP contribution < -0.4 is 10.6 Å². The van der Waals surface area contributed by atoms with Crippen LogP contribution in [0.15, 0.2) is 23.5 Å². The highest BCUT2D eigenvalue weighted by Gasteiger charge is 2.22. The zero-order chi connectivity index (χ0) is 13.1. The summed E-state index contributed by atoms with van der Waals surface area (Å²) in [6.45, 7) is 3.57. The summed E-state index contributed by atoms with van der Waals surface area (Å²) < 4.78 is 0. The van der Waals surface area contributed by atoms with Crippen LogP contribution in [-0.2, 0) is 0 Å². The van der Waals surface area contributed by atoms with Crippen molar-refractivity contribution < 1.29 is 0 Å². The minimum absolute atomic E-state index is 0. The topological polar surface area (TPSA) is 70.6 Å². The number of halogens is 1. The van der Waals surface area contributed by atoms with Gasteiger partial charge in [-0.15, -0.1) is 24.0 Å². The Kier molecular flexibility index (Phi) is 5.38. The first-order valence-electron chi connectivity index (χ1n) is 6.93. The van der Waals surface area contributed by atoms with Crippen LogP contribution in [0.2, 0.25) is 0 Å². The average molecular weight is 388 g/mol. The van der Waals surface area contributed by atoms with Gasteiger partial charge in [0.25, 0.3) is 0 Å². The van der Waals surface area contributed by atoms with Crippen molar-refractivity contribution in [2.45, 2.75) is 25.3 Å². The lowest BCUT2D eigenvalue weighted by Crippen LogP contribution is -2.52. The van der Waals surface area contributed by atoms with Crippen LogP contribution in [0.3, 0.4) is 0 Å². The second-order valence-electron chi connectivity index (χ2n) is 5.09. The molecular weight excluding hydrogens is 367 g/mol. The monoisotopic (exact) mass is 388 g/mol. The molecule has 0 spiro atoms. The Hall–Kier alpha value is -1.12. The third-order valence-electron chi connectivity index (χ3n) is 3.83. The van der Waals surface area contributed by atoms with Crippen molar-refractivity contribution in [3.8, 4) is 0 Å². The van der Waals surface area contributed by atoms with Gasteiger partial charge in [0.05, 0.1) is 6.04 Å². The van der Waals surface area contributed by atoms with Gasteiger partial charge in [-0.3, -0.25) is 0 Å². The van der Waals surface area contributed by atoms with E-state index in [1.54, 1.807) is 12.4 Å². The van der Waals surface area contributed by atoms with Gasteiger partial charge in [-0.25, -0.2) is 15.0 Å². The summed E-state index contributed by atoms with van der Waals surface area (Å²) >= 11 is 0. The van der Waals surface area contributed by atoms with Crippen molar-refractivity contribution in [1.29, 1.82) is 0 Å². The van der Waals surface area contributed by atoms with Gasteiger partial charge in [0.1, 0.15) is 0 Å². The number of aliphatic imine (C=N–C) groups is 1. The van der Waals surface area contributed by atoms with Crippen LogP contribution in [0.1, 0.15) is 19.3 Å². The van der Waals surface area contributed by atoms with Gasteiger partial charge in [-0.1, -0.05) is 0 Å². The number of rotatable bonds is 2. The van der Waals surface area contributed by atoms with E-state index in [2.05, 4.69) is 24.8 Å². The molecule has 0 unspecified atom stereocenters. The SMILES string of the molecule is I.NC(=NC1CCC1)N1CCN(c2ncccn2)CC1. The average Bonchev–Trinajstić information content (AvgIpc) is 2.44. The molecule has 1 aromatic rings. The fraction of sp³-hybridized carbons (Fsp3) is 0.615. The molecule has 1 aromatic heterocycles. The molecule has 2 aliphatic rings. The van der Waals surface area contributed by atoms with Gasteiger partial charge in [0, 0.05) is 38.6 Å². The number of guanidine groups is 1. The van der Waals surface area contributed by atoms with Crippen molar-refractivity contribution in [1.82, 2.24) is 14.9 Å². The summed E-state index contributed by atoms with van der Waals surface area (Å²) in [5.74, 6) is 1.51. The molecule has 0 atom stereocenters. The quantitative estimate of drug-likeness (QED) is 0.467. The predicted molar refractivity (Wildman–Crippen MR) is 90.5 cm³/mol. The van der Waals surface area contributed by atoms with Gasteiger partial charge in [0.2, 0.25) is 5.95 Å². The molecule has 2 fully saturated rings. The van der Waals surface area contributed by atoms with E-state index >= 15 is 0 Å². The number of anilines is 1. The van der Waals surface area contributed by atoms with Crippen molar-refractivity contribution in [2.24, 2.45) is 10.7 Å². The van der Waals surface area contributed by atoms with Gasteiger partial charge < -0.3 is 15.5 Å². The van der Waals surface area contributed by atoms with E-state index in [1.807, 2.05) is 6.07 Å². The zero-order valence-electron chi connectivity index (χ0n) is 11.5. The van der Waals surface area contributed by atoms with Crippen LogP contribution >= 0.6 is 24.0 Å². The normalized spacial score (nSPS) is 20.3. The van der Waals surface area contributed by atoms with Crippen LogP contribution in [0.4, 0.5) is 5.95 Å². The molecule has 1 aliphatic carbocycles. The number of nitrogens with two attached hydrogens (primary N) is 1. The molecule has 1 saturated carbocycles. The molecule has 0 amide bonds. The van der Waals surface area contributed by atoms with Gasteiger partial charge in [-0.2, -0.15) is 0 Å². The molecule has 2 heterocycles. The highest BCUT2D eigenvalue weighted by atomic mass is 127. The number of piperazine rings is 1. The third-order valence-corrected chi connectivity index (χ3v) is 3.83. The molecule has 6 nitrogen and oxygen atoms in total. The molecule has 1 saturated heterocycles. The first kappa shape index (κ1) is 15.3. The van der Waals surface area contributed by atoms with E-state index < -0.39 is 0 Å². The van der Waals surface area contributed by atoms with E-state index in [0.29, 0.717) is 12.0 Å². The Morgan fingerprint density at radius 2 is 1.80 bits per heavy atom. The third kappa shape index (κ3) is 3.50. The Labute approximate surface area is 136 Å². The Bertz CT molecular complexity index is 439. The maximum atomic E-state index is 6.07. The van der Waals surface area contributed by atoms with E-state index in [1.165, 1.54) is 19.3 Å². The lowest BCUT2D eigenvalue weighted by molar-refractivity contribution is 0.364. The molecule has 2 N–H and O–H groups in total. The Morgan fingerprint density at radius 3 is 2.35 bits per heavy atom. The summed E-state index contributed by atoms with van der Waals surface area (Å²) in [7, 11) is 0. The molecule has 7 heteroatoms. The maximum Gasteiger partial charge on any atom is 0.225 e. The van der Waals surface area contributed by atoms with Gasteiger partial charge in [0.15, 0.2) is 5.96 Å². The first-order valence-corrected chi connectivity index (χ1v) is 6.93. The summed E-state index contributed by atoms with van der Waals surface area (Å²) in [6.07, 6.45) is 7.24. The zero-order valence-corrected chi connectivity index (χ0v) is 13.8. The van der Waals surface area contributed by atoms with E-state index in [0.717, 1.165) is 32.1 Å². The second kappa shape index (κ2) is 7.05. The standard InChI is InChI=1S/C13H20N6.HI/c14-12(17-11-3-1-4-11)18-7-9-19(10-8-18)13-15-5-2-6-16-13;/h2,5-6,11H,1,3-4,7-10H2,(H2,14,17);1H. The molecule has 0 bridgehead atoms. The van der Waals surface area contributed by atoms with Crippen LogP contribution in [0.25, 0.3) is 0 Å². The molecular formula is C13H21IN6. The van der Waals surface area contributed by atoms with Crippen molar-refractivity contribution in [2.75, 3.05) is 31.1 Å². The summed E-state index contributed by atoms with van der Waals surface area (Å²) in [5.41, 5.74) is 6.07. The number of aromatic nitrogens is 2. The summed E-state index contributed by atoms with van der Waals surface area (Å²) in [6, 6.07) is 2.30. The van der Waals surface area contributed by atoms with Crippen LogP contribution in [0.5, 0.6) is 0 Å². The summed E-state index contributed by atoms with van der Waals surface area (Å²) in [4.78, 5) is 17.5. The highest BCUT2D eigenvalue weighted by molar-refractivity contribution is 14.0. The van der Waals surface area contributed by atoms with E-state index in [-0.39, 0.29) is 24.0 Å². The molecule has 0 aromatic carbocycles. The minimum Gasteiger partial charge on any atom is -0.370 e. The molecule has 1 aliphatic heterocycles. The van der Waals surface area contributed by atoms with Crippen molar-refractivity contribution >= 4 is 35.9 Å². The largest absolute Gasteiger partial charge is 0.370 e. The fourth-order valence-corrected chi connectivity index (χ4v) is 2.37. The van der Waals surface area contributed by atoms with Gasteiger partial charge in [-0.05, 0) is 25.3 Å². The fourth-order valence-electron chi connectivity index (χ4n) is 2.37. The van der Waals surface area contributed by atoms with E-state index in [9.17, 15) is 0 Å². The molecule has 3 rings (SSSR count). The Morgan fingerprint density at radius 1 is 1.15 bits per heavy atom. The highest BCUT2D eigenvalue weighted by Crippen LogP contribution is 2.22. The molecule has 20 heavy (non-hydrogen) atoms. The second-order valence-corrected chi connectivity index (χ2v) is 5.09. The van der Waals surface area contributed by atoms with Crippen molar-refractivity contribution in [3.63, 3.8) is 0 Å². The lowest BCUT2D eigenvalue weighted by Gasteiger charge is -2.36. The lowest BCUT2D eigenvalue weighted by atomic mass is 9.94. The smallest absolute Gasteiger partial charge is 0.225 e. The summed E-state index contributed by atoms with van der Waals surface area (Å²) in [5, 5.41) is 0. The van der Waals surface area contributed by atoms with Gasteiger partial charge >= 0.3 is 0 Å². The maximum absolute atomic E-state index is 6.07. The number of hydrogen-bond donors (Lipinski definition) is 1. The van der Waals surface area contributed by atoms with E-state index in [4.69, 9.17) is 5.73 Å². The first-order chi connectivity index (χ1) is 9.33. The van der Waals surface area contributed by atoms with Crippen LogP contribution in [-0.4, -0.2) is 53.0 Å². The van der Waals surface area contributed by atoms with Crippen molar-refractivity contribution in [3.05, 3.63) is 18.5 Å².